The van der Waals surface area contributed by atoms with Gasteiger partial charge in [-0.25, -0.2) is 4.79 Å². The second-order valence-corrected chi connectivity index (χ2v) is 6.57. The molecule has 162 valence electrons. The van der Waals surface area contributed by atoms with E-state index in [0.717, 1.165) is 4.90 Å². The van der Waals surface area contributed by atoms with E-state index in [1.165, 1.54) is 37.6 Å². The monoisotopic (exact) mass is 427 g/mol. The minimum Gasteiger partial charge on any atom is -0.469 e. The molecule has 1 aromatic carbocycles. The van der Waals surface area contributed by atoms with Crippen LogP contribution < -0.4 is 16.4 Å². The molecule has 0 saturated carbocycles. The van der Waals surface area contributed by atoms with Crippen molar-refractivity contribution < 1.29 is 33.1 Å². The quantitative estimate of drug-likeness (QED) is 0.511. The zero-order valence-electron chi connectivity index (χ0n) is 16.9. The molecule has 0 saturated heterocycles. The van der Waals surface area contributed by atoms with Gasteiger partial charge in [-0.15, -0.1) is 0 Å². The van der Waals surface area contributed by atoms with E-state index in [1.807, 2.05) is 0 Å². The van der Waals surface area contributed by atoms with Gasteiger partial charge in [-0.1, -0.05) is 12.1 Å². The molecule has 1 aliphatic rings. The predicted molar refractivity (Wildman–Crippen MR) is 107 cm³/mol. The fourth-order valence-corrected chi connectivity index (χ4v) is 3.57. The molecule has 0 bridgehead atoms. The Morgan fingerprint density at radius 1 is 1.16 bits per heavy atom. The Hall–Kier alpha value is -4.08. The van der Waals surface area contributed by atoms with Crippen LogP contribution in [0.4, 0.5) is 5.69 Å². The first-order chi connectivity index (χ1) is 14.8. The molecule has 2 heterocycles. The summed E-state index contributed by atoms with van der Waals surface area (Å²) >= 11 is 0. The van der Waals surface area contributed by atoms with Gasteiger partial charge < -0.3 is 25.4 Å². The first-order valence-electron chi connectivity index (χ1n) is 9.34. The minimum absolute atomic E-state index is 0.00264. The Labute approximate surface area is 177 Å². The second kappa shape index (κ2) is 8.74. The summed E-state index contributed by atoms with van der Waals surface area (Å²) < 4.78 is 15.2. The van der Waals surface area contributed by atoms with Gasteiger partial charge in [0.2, 0.25) is 11.8 Å². The highest BCUT2D eigenvalue weighted by molar-refractivity contribution is 6.15. The number of furan rings is 1. The first kappa shape index (κ1) is 21.6. The van der Waals surface area contributed by atoms with Gasteiger partial charge >= 0.3 is 11.9 Å². The zero-order valence-corrected chi connectivity index (χ0v) is 16.9. The molecule has 3 rings (SSSR count). The second-order valence-electron chi connectivity index (χ2n) is 6.57. The maximum absolute atomic E-state index is 13.6. The molecule has 1 aromatic heterocycles. The minimum atomic E-state index is -1.52. The number of hydrogen-bond acceptors (Lipinski definition) is 8. The van der Waals surface area contributed by atoms with Gasteiger partial charge in [-0.3, -0.25) is 19.3 Å². The number of nitrogens with two attached hydrogens (primary N) is 2. The smallest absolute Gasteiger partial charge is 0.339 e. The summed E-state index contributed by atoms with van der Waals surface area (Å²) in [4.78, 5) is 52.0. The van der Waals surface area contributed by atoms with E-state index in [0.29, 0.717) is 0 Å². The number of amides is 2. The summed E-state index contributed by atoms with van der Waals surface area (Å²) in [7, 11) is 1.18. The highest BCUT2D eigenvalue weighted by atomic mass is 16.5. The Balaban J connectivity index is 2.30. The fraction of sp³-hybridized carbons (Fsp3) is 0.238. The summed E-state index contributed by atoms with van der Waals surface area (Å²) in [5.74, 6) is -6.29. The number of ether oxygens (including phenoxy) is 2. The van der Waals surface area contributed by atoms with E-state index in [1.54, 1.807) is 19.1 Å². The number of nitrogens with zero attached hydrogens (tertiary/aromatic N) is 1. The van der Waals surface area contributed by atoms with Crippen LogP contribution in [0.1, 0.15) is 29.0 Å². The van der Waals surface area contributed by atoms with Gasteiger partial charge in [0.05, 0.1) is 42.7 Å². The number of esters is 2. The third kappa shape index (κ3) is 3.75. The predicted octanol–water partition coefficient (Wildman–Crippen LogP) is 1.03. The molecular weight excluding hydrogens is 406 g/mol. The molecule has 1 aliphatic heterocycles. The van der Waals surface area contributed by atoms with Crippen molar-refractivity contribution >= 4 is 29.4 Å². The number of para-hydroxylation sites is 1. The van der Waals surface area contributed by atoms with Gasteiger partial charge in [0.15, 0.2) is 5.92 Å². The lowest BCUT2D eigenvalue weighted by molar-refractivity contribution is -0.152. The van der Waals surface area contributed by atoms with Gasteiger partial charge in [-0.05, 0) is 31.2 Å². The lowest BCUT2D eigenvalue weighted by atomic mass is 9.79. The number of carbonyl (C=O) groups excluding carboxylic acids is 4. The number of rotatable bonds is 6. The average Bonchev–Trinajstić information content (AvgIpc) is 3.27. The summed E-state index contributed by atoms with van der Waals surface area (Å²) in [6.07, 6.45) is 1.33. The molecule has 0 fully saturated rings. The summed E-state index contributed by atoms with van der Waals surface area (Å²) in [5, 5.41) is 0. The van der Waals surface area contributed by atoms with Gasteiger partial charge in [0, 0.05) is 0 Å². The van der Waals surface area contributed by atoms with E-state index in [-0.39, 0.29) is 35.0 Å². The Bertz CT molecular complexity index is 1060. The lowest BCUT2D eigenvalue weighted by Gasteiger charge is -2.37. The van der Waals surface area contributed by atoms with Crippen molar-refractivity contribution in [1.82, 2.24) is 0 Å². The number of methoxy groups -OCH3 is 1. The van der Waals surface area contributed by atoms with Crippen molar-refractivity contribution in [3.8, 4) is 0 Å². The van der Waals surface area contributed by atoms with Crippen molar-refractivity contribution in [3.63, 3.8) is 0 Å². The van der Waals surface area contributed by atoms with Crippen LogP contribution in [-0.4, -0.2) is 37.5 Å². The molecule has 0 aliphatic carbocycles. The Morgan fingerprint density at radius 2 is 1.87 bits per heavy atom. The number of hydrogen-bond donors (Lipinski definition) is 2. The van der Waals surface area contributed by atoms with Crippen LogP contribution in [0.2, 0.25) is 0 Å². The molecular formula is C21H21N3O7. The van der Waals surface area contributed by atoms with Gasteiger partial charge in [-0.2, -0.15) is 0 Å². The highest BCUT2D eigenvalue weighted by Gasteiger charge is 2.50. The van der Waals surface area contributed by atoms with Crippen LogP contribution in [0.3, 0.4) is 0 Å². The molecule has 10 nitrogen and oxygen atoms in total. The molecule has 2 aromatic rings. The summed E-state index contributed by atoms with van der Waals surface area (Å²) in [6.45, 7) is 1.58. The topological polar surface area (TPSA) is 155 Å². The molecule has 2 atom stereocenters. The maximum Gasteiger partial charge on any atom is 0.339 e. The number of anilines is 1. The van der Waals surface area contributed by atoms with E-state index in [4.69, 9.17) is 25.4 Å². The van der Waals surface area contributed by atoms with Crippen molar-refractivity contribution in [2.45, 2.75) is 12.8 Å². The molecule has 0 spiro atoms. The van der Waals surface area contributed by atoms with Crippen LogP contribution in [-0.2, 0) is 23.9 Å². The summed E-state index contributed by atoms with van der Waals surface area (Å²) in [5.41, 5.74) is 11.6. The lowest BCUT2D eigenvalue weighted by Crippen LogP contribution is -2.51. The maximum atomic E-state index is 13.6. The molecule has 2 amide bonds. The largest absolute Gasteiger partial charge is 0.469 e. The normalized spacial score (nSPS) is 18.6. The van der Waals surface area contributed by atoms with Crippen molar-refractivity contribution in [2.24, 2.45) is 17.4 Å². The van der Waals surface area contributed by atoms with Crippen molar-refractivity contribution in [3.05, 3.63) is 65.4 Å². The van der Waals surface area contributed by atoms with Crippen LogP contribution in [0.25, 0.3) is 0 Å². The van der Waals surface area contributed by atoms with Crippen LogP contribution in [0.15, 0.2) is 58.5 Å². The molecule has 4 N–H and O–H groups in total. The Kier molecular flexibility index (Phi) is 6.10. The van der Waals surface area contributed by atoms with E-state index < -0.39 is 35.6 Å². The Morgan fingerprint density at radius 3 is 2.45 bits per heavy atom. The van der Waals surface area contributed by atoms with Crippen molar-refractivity contribution in [1.29, 1.82) is 0 Å². The van der Waals surface area contributed by atoms with E-state index in [2.05, 4.69) is 0 Å². The van der Waals surface area contributed by atoms with Crippen LogP contribution >= 0.6 is 0 Å². The first-order valence-corrected chi connectivity index (χ1v) is 9.34. The molecule has 31 heavy (non-hydrogen) atoms. The van der Waals surface area contributed by atoms with E-state index >= 15 is 0 Å². The van der Waals surface area contributed by atoms with Gasteiger partial charge in [0.25, 0.3) is 0 Å². The molecule has 0 radical (unpaired) electrons. The molecule has 2 unspecified atom stereocenters. The van der Waals surface area contributed by atoms with Crippen LogP contribution in [0, 0.1) is 5.92 Å². The standard InChI is InChI=1S/C21H21N3O7/c1-3-30-21(28)16-14(13-9-6-10-31-13)15(18(23)25)17(22)24(19(16)26)12-8-5-4-7-11(12)20(27)29-2/h4-10,14,16H,3,22H2,1-2H3,(H2,23,25). The third-order valence-corrected chi connectivity index (χ3v) is 4.85. The average molecular weight is 427 g/mol. The number of benzene rings is 1. The fourth-order valence-electron chi connectivity index (χ4n) is 3.57. The highest BCUT2D eigenvalue weighted by Crippen LogP contribution is 2.42. The number of carbonyl (C=O) groups is 4. The third-order valence-electron chi connectivity index (χ3n) is 4.85. The van der Waals surface area contributed by atoms with Gasteiger partial charge in [0.1, 0.15) is 11.6 Å². The SMILES string of the molecule is CCOC(=O)C1C(=O)N(c2ccccc2C(=O)OC)C(N)=C(C(N)=O)C1c1ccco1. The molecule has 10 heteroatoms. The van der Waals surface area contributed by atoms with E-state index in [9.17, 15) is 19.2 Å². The van der Waals surface area contributed by atoms with Crippen molar-refractivity contribution in [2.75, 3.05) is 18.6 Å². The summed E-state index contributed by atoms with van der Waals surface area (Å²) in [6, 6.07) is 9.01. The number of primary amides is 1. The van der Waals surface area contributed by atoms with Crippen LogP contribution in [0.5, 0.6) is 0 Å². The zero-order chi connectivity index (χ0) is 22.7.